The Kier molecular flexibility index (Phi) is 2.50. The van der Waals surface area contributed by atoms with E-state index in [1.54, 1.807) is 18.2 Å². The van der Waals surface area contributed by atoms with Crippen LogP contribution in [0, 0.1) is 0 Å². The van der Waals surface area contributed by atoms with Crippen molar-refractivity contribution in [2.24, 2.45) is 0 Å². The minimum Gasteiger partial charge on any atom is -0.399 e. The number of sulfonamides is 1. The first kappa shape index (κ1) is 10.2. The van der Waals surface area contributed by atoms with Crippen LogP contribution >= 0.6 is 0 Å². The van der Waals surface area contributed by atoms with E-state index in [1.165, 1.54) is 10.4 Å². The van der Waals surface area contributed by atoms with Crippen molar-refractivity contribution in [2.45, 2.75) is 4.90 Å². The molecule has 0 aromatic heterocycles. The number of nitrogen functional groups attached to an aromatic ring is 1. The van der Waals surface area contributed by atoms with Crippen molar-refractivity contribution in [2.75, 3.05) is 18.8 Å². The fourth-order valence-corrected chi connectivity index (χ4v) is 2.88. The summed E-state index contributed by atoms with van der Waals surface area (Å²) in [6, 6.07) is 6.35. The third-order valence-electron chi connectivity index (χ3n) is 2.28. The van der Waals surface area contributed by atoms with Gasteiger partial charge in [-0.05, 0) is 18.2 Å². The molecule has 0 unspecified atom stereocenters. The summed E-state index contributed by atoms with van der Waals surface area (Å²) in [7, 11) is -3.37. The molecule has 0 saturated carbocycles. The summed E-state index contributed by atoms with van der Waals surface area (Å²) in [5.74, 6) is 0. The van der Waals surface area contributed by atoms with E-state index in [-0.39, 0.29) is 4.90 Å². The second-order valence-corrected chi connectivity index (χ2v) is 5.30. The highest BCUT2D eigenvalue weighted by Gasteiger charge is 2.24. The molecule has 1 aliphatic heterocycles. The van der Waals surface area contributed by atoms with Crippen LogP contribution in [0.4, 0.5) is 5.69 Å². The van der Waals surface area contributed by atoms with Gasteiger partial charge in [0.2, 0.25) is 10.0 Å². The molecule has 0 fully saturated rings. The quantitative estimate of drug-likeness (QED) is 0.598. The van der Waals surface area contributed by atoms with Crippen molar-refractivity contribution >= 4 is 15.7 Å². The zero-order valence-corrected chi connectivity index (χ0v) is 8.94. The molecule has 5 heteroatoms. The first-order valence-electron chi connectivity index (χ1n) is 4.61. The molecule has 0 saturated heterocycles. The van der Waals surface area contributed by atoms with Crippen molar-refractivity contribution < 1.29 is 8.42 Å². The molecule has 0 spiro atoms. The van der Waals surface area contributed by atoms with E-state index in [0.717, 1.165) is 0 Å². The average Bonchev–Trinajstić information content (AvgIpc) is 2.71. The normalized spacial score (nSPS) is 17.1. The van der Waals surface area contributed by atoms with E-state index in [1.807, 2.05) is 12.2 Å². The minimum absolute atomic E-state index is 0.256. The van der Waals surface area contributed by atoms with Gasteiger partial charge in [0, 0.05) is 18.8 Å². The lowest BCUT2D eigenvalue weighted by Gasteiger charge is -2.15. The van der Waals surface area contributed by atoms with Crippen molar-refractivity contribution in [1.82, 2.24) is 4.31 Å². The lowest BCUT2D eigenvalue weighted by Crippen LogP contribution is -2.28. The summed E-state index contributed by atoms with van der Waals surface area (Å²) in [4.78, 5) is 0.256. The molecule has 0 amide bonds. The summed E-state index contributed by atoms with van der Waals surface area (Å²) in [6.07, 6.45) is 3.67. The highest BCUT2D eigenvalue weighted by molar-refractivity contribution is 7.89. The van der Waals surface area contributed by atoms with Gasteiger partial charge in [-0.1, -0.05) is 18.2 Å². The highest BCUT2D eigenvalue weighted by Crippen LogP contribution is 2.19. The van der Waals surface area contributed by atoms with Gasteiger partial charge < -0.3 is 5.73 Å². The molecule has 15 heavy (non-hydrogen) atoms. The second-order valence-electron chi connectivity index (χ2n) is 3.37. The summed E-state index contributed by atoms with van der Waals surface area (Å²) in [6.45, 7) is 0.883. The molecule has 2 N–H and O–H groups in total. The Balaban J connectivity index is 2.37. The zero-order valence-electron chi connectivity index (χ0n) is 8.13. The van der Waals surface area contributed by atoms with Gasteiger partial charge in [-0.3, -0.25) is 0 Å². The molecule has 0 radical (unpaired) electrons. The Morgan fingerprint density at radius 2 is 1.87 bits per heavy atom. The van der Waals surface area contributed by atoms with Crippen LogP contribution in [-0.2, 0) is 10.0 Å². The molecule has 80 valence electrons. The van der Waals surface area contributed by atoms with Gasteiger partial charge in [0.15, 0.2) is 0 Å². The Bertz CT molecular complexity index is 486. The van der Waals surface area contributed by atoms with Crippen molar-refractivity contribution in [3.05, 3.63) is 36.4 Å². The lowest BCUT2D eigenvalue weighted by molar-refractivity contribution is 0.488. The zero-order chi connectivity index (χ0) is 10.9. The van der Waals surface area contributed by atoms with Crippen LogP contribution in [0.15, 0.2) is 41.3 Å². The predicted octanol–water partition coefficient (Wildman–Crippen LogP) is 0.829. The maximum Gasteiger partial charge on any atom is 0.243 e. The van der Waals surface area contributed by atoms with E-state index < -0.39 is 10.0 Å². The first-order chi connectivity index (χ1) is 7.10. The van der Waals surface area contributed by atoms with Crippen LogP contribution in [0.2, 0.25) is 0 Å². The first-order valence-corrected chi connectivity index (χ1v) is 6.05. The summed E-state index contributed by atoms with van der Waals surface area (Å²) in [5, 5.41) is 0. The number of anilines is 1. The molecule has 1 aromatic rings. The van der Waals surface area contributed by atoms with Crippen LogP contribution in [-0.4, -0.2) is 25.8 Å². The van der Waals surface area contributed by atoms with E-state index in [0.29, 0.717) is 18.8 Å². The minimum atomic E-state index is -3.37. The molecule has 1 aliphatic rings. The second kappa shape index (κ2) is 3.67. The number of hydrogen-bond donors (Lipinski definition) is 1. The lowest BCUT2D eigenvalue weighted by atomic mass is 10.3. The van der Waals surface area contributed by atoms with Crippen LogP contribution in [0.5, 0.6) is 0 Å². The number of nitrogens with zero attached hydrogens (tertiary/aromatic N) is 1. The van der Waals surface area contributed by atoms with Gasteiger partial charge in [0.05, 0.1) is 4.90 Å². The van der Waals surface area contributed by atoms with Crippen LogP contribution in [0.25, 0.3) is 0 Å². The smallest absolute Gasteiger partial charge is 0.243 e. The maximum atomic E-state index is 12.0. The van der Waals surface area contributed by atoms with Gasteiger partial charge in [0.1, 0.15) is 0 Å². The Morgan fingerprint density at radius 3 is 2.47 bits per heavy atom. The monoisotopic (exact) mass is 224 g/mol. The highest BCUT2D eigenvalue weighted by atomic mass is 32.2. The van der Waals surface area contributed by atoms with E-state index in [9.17, 15) is 8.42 Å². The Morgan fingerprint density at radius 1 is 1.20 bits per heavy atom. The van der Waals surface area contributed by atoms with E-state index >= 15 is 0 Å². The number of hydrogen-bond acceptors (Lipinski definition) is 3. The van der Waals surface area contributed by atoms with Crippen molar-refractivity contribution in [3.8, 4) is 0 Å². The molecular formula is C10H12N2O2S. The van der Waals surface area contributed by atoms with E-state index in [4.69, 9.17) is 5.73 Å². The van der Waals surface area contributed by atoms with Gasteiger partial charge in [0.25, 0.3) is 0 Å². The fourth-order valence-electron chi connectivity index (χ4n) is 1.48. The summed E-state index contributed by atoms with van der Waals surface area (Å²) < 4.78 is 25.4. The SMILES string of the molecule is Nc1cccc(S(=O)(=O)N2CC=CC2)c1. The Labute approximate surface area is 89.1 Å². The number of benzene rings is 1. The molecule has 1 heterocycles. The van der Waals surface area contributed by atoms with E-state index in [2.05, 4.69) is 0 Å². The molecule has 2 rings (SSSR count). The molecular weight excluding hydrogens is 212 g/mol. The van der Waals surface area contributed by atoms with Crippen LogP contribution < -0.4 is 5.73 Å². The Hall–Kier alpha value is -1.33. The third-order valence-corrected chi connectivity index (χ3v) is 4.11. The molecule has 1 aromatic carbocycles. The van der Waals surface area contributed by atoms with Crippen LogP contribution in [0.1, 0.15) is 0 Å². The number of rotatable bonds is 2. The summed E-state index contributed by atoms with van der Waals surface area (Å²) >= 11 is 0. The fraction of sp³-hybridized carbons (Fsp3) is 0.200. The standard InChI is InChI=1S/C10H12N2O2S/c11-9-4-3-5-10(8-9)15(13,14)12-6-1-2-7-12/h1-5,8H,6-7,11H2. The van der Waals surface area contributed by atoms with Crippen LogP contribution in [0.3, 0.4) is 0 Å². The molecule has 0 bridgehead atoms. The number of nitrogens with two attached hydrogens (primary N) is 1. The molecule has 0 aliphatic carbocycles. The predicted molar refractivity (Wildman–Crippen MR) is 58.8 cm³/mol. The maximum absolute atomic E-state index is 12.0. The van der Waals surface area contributed by atoms with Gasteiger partial charge in [-0.2, -0.15) is 4.31 Å². The van der Waals surface area contributed by atoms with Gasteiger partial charge in [-0.25, -0.2) is 8.42 Å². The van der Waals surface area contributed by atoms with Crippen molar-refractivity contribution in [1.29, 1.82) is 0 Å². The largest absolute Gasteiger partial charge is 0.399 e. The third kappa shape index (κ3) is 1.88. The topological polar surface area (TPSA) is 63.4 Å². The molecule has 4 nitrogen and oxygen atoms in total. The summed E-state index contributed by atoms with van der Waals surface area (Å²) in [5.41, 5.74) is 6.02. The van der Waals surface area contributed by atoms with Gasteiger partial charge >= 0.3 is 0 Å². The average molecular weight is 224 g/mol. The van der Waals surface area contributed by atoms with Gasteiger partial charge in [-0.15, -0.1) is 0 Å². The molecule has 0 atom stereocenters. The van der Waals surface area contributed by atoms with Crippen molar-refractivity contribution in [3.63, 3.8) is 0 Å².